The van der Waals surface area contributed by atoms with Crippen LogP contribution in [0.1, 0.15) is 25.8 Å². The average Bonchev–Trinajstić information content (AvgIpc) is 2.42. The first-order valence-corrected chi connectivity index (χ1v) is 6.31. The summed E-state index contributed by atoms with van der Waals surface area (Å²) in [6.07, 6.45) is 1.07. The van der Waals surface area contributed by atoms with Gasteiger partial charge in [-0.15, -0.1) is 0 Å². The van der Waals surface area contributed by atoms with E-state index in [-0.39, 0.29) is 6.61 Å². The standard InChI is InChI=1S/C14H21NO4/c1-4-10(2)15-8-11-5-6-12(13(7-11)18-3)19-9-14(16)17/h5-7,10,15H,4,8-9H2,1-3H3,(H,16,17)/t10-/m0/s1. The molecule has 0 saturated carbocycles. The number of hydrogen-bond donors (Lipinski definition) is 2. The molecule has 0 saturated heterocycles. The Morgan fingerprint density at radius 2 is 2.16 bits per heavy atom. The number of nitrogens with one attached hydrogen (secondary N) is 1. The molecular formula is C14H21NO4. The molecule has 1 atom stereocenters. The van der Waals surface area contributed by atoms with E-state index in [1.54, 1.807) is 6.07 Å². The van der Waals surface area contributed by atoms with Crippen molar-refractivity contribution in [3.05, 3.63) is 23.8 Å². The van der Waals surface area contributed by atoms with E-state index >= 15 is 0 Å². The molecule has 1 aromatic rings. The van der Waals surface area contributed by atoms with Crippen molar-refractivity contribution >= 4 is 5.97 Å². The van der Waals surface area contributed by atoms with Crippen molar-refractivity contribution in [2.45, 2.75) is 32.9 Å². The molecule has 2 N–H and O–H groups in total. The first-order valence-electron chi connectivity index (χ1n) is 6.31. The van der Waals surface area contributed by atoms with Crippen LogP contribution in [-0.2, 0) is 11.3 Å². The fourth-order valence-corrected chi connectivity index (χ4v) is 1.52. The van der Waals surface area contributed by atoms with Gasteiger partial charge in [0.25, 0.3) is 0 Å². The maximum atomic E-state index is 10.5. The number of carboxylic acids is 1. The number of rotatable bonds is 8. The second-order valence-corrected chi connectivity index (χ2v) is 4.36. The smallest absolute Gasteiger partial charge is 0.341 e. The second kappa shape index (κ2) is 7.63. The van der Waals surface area contributed by atoms with Crippen LogP contribution in [0.4, 0.5) is 0 Å². The molecule has 0 bridgehead atoms. The van der Waals surface area contributed by atoms with Crippen molar-refractivity contribution in [2.75, 3.05) is 13.7 Å². The van der Waals surface area contributed by atoms with Crippen molar-refractivity contribution < 1.29 is 19.4 Å². The Balaban J connectivity index is 2.69. The zero-order valence-electron chi connectivity index (χ0n) is 11.6. The van der Waals surface area contributed by atoms with Crippen molar-refractivity contribution in [1.82, 2.24) is 5.32 Å². The summed E-state index contributed by atoms with van der Waals surface area (Å²) in [7, 11) is 1.54. The van der Waals surface area contributed by atoms with Crippen LogP contribution < -0.4 is 14.8 Å². The molecule has 1 rings (SSSR count). The molecule has 0 spiro atoms. The van der Waals surface area contributed by atoms with Crippen molar-refractivity contribution in [3.63, 3.8) is 0 Å². The zero-order valence-corrected chi connectivity index (χ0v) is 11.6. The van der Waals surface area contributed by atoms with Gasteiger partial charge in [0.2, 0.25) is 0 Å². The number of aliphatic carboxylic acids is 1. The van der Waals surface area contributed by atoms with Crippen molar-refractivity contribution in [1.29, 1.82) is 0 Å². The highest BCUT2D eigenvalue weighted by Crippen LogP contribution is 2.28. The first-order chi connectivity index (χ1) is 9.06. The normalized spacial score (nSPS) is 11.9. The molecule has 0 fully saturated rings. The lowest BCUT2D eigenvalue weighted by atomic mass is 10.1. The molecule has 0 aliphatic heterocycles. The highest BCUT2D eigenvalue weighted by Gasteiger charge is 2.08. The first kappa shape index (κ1) is 15.3. The molecule has 0 heterocycles. The van der Waals surface area contributed by atoms with Crippen LogP contribution in [0.25, 0.3) is 0 Å². The summed E-state index contributed by atoms with van der Waals surface area (Å²) in [6.45, 7) is 4.62. The lowest BCUT2D eigenvalue weighted by molar-refractivity contribution is -0.139. The second-order valence-electron chi connectivity index (χ2n) is 4.36. The Morgan fingerprint density at radius 3 is 2.74 bits per heavy atom. The minimum absolute atomic E-state index is 0.374. The van der Waals surface area contributed by atoms with Gasteiger partial charge >= 0.3 is 5.97 Å². The molecule has 1 aromatic carbocycles. The van der Waals surface area contributed by atoms with Crippen molar-refractivity contribution in [2.24, 2.45) is 0 Å². The third-order valence-corrected chi connectivity index (χ3v) is 2.85. The summed E-state index contributed by atoms with van der Waals surface area (Å²) in [5, 5.41) is 12.0. The average molecular weight is 267 g/mol. The van der Waals surface area contributed by atoms with Crippen LogP contribution in [0.5, 0.6) is 11.5 Å². The molecular weight excluding hydrogens is 246 g/mol. The van der Waals surface area contributed by atoms with Crippen molar-refractivity contribution in [3.8, 4) is 11.5 Å². The van der Waals surface area contributed by atoms with Crippen LogP contribution in [0.2, 0.25) is 0 Å². The number of benzene rings is 1. The lowest BCUT2D eigenvalue weighted by Crippen LogP contribution is -2.24. The maximum absolute atomic E-state index is 10.5. The number of carbonyl (C=O) groups is 1. The molecule has 5 nitrogen and oxygen atoms in total. The molecule has 0 radical (unpaired) electrons. The molecule has 5 heteroatoms. The quantitative estimate of drug-likeness (QED) is 0.754. The topological polar surface area (TPSA) is 67.8 Å². The van der Waals surface area contributed by atoms with Crippen LogP contribution in [0.3, 0.4) is 0 Å². The monoisotopic (exact) mass is 267 g/mol. The molecule has 0 aliphatic rings. The number of methoxy groups -OCH3 is 1. The third kappa shape index (κ3) is 5.18. The van der Waals surface area contributed by atoms with Gasteiger partial charge in [-0.3, -0.25) is 0 Å². The summed E-state index contributed by atoms with van der Waals surface area (Å²) >= 11 is 0. The summed E-state index contributed by atoms with van der Waals surface area (Å²) in [4.78, 5) is 10.5. The van der Waals surface area contributed by atoms with Gasteiger partial charge in [-0.2, -0.15) is 0 Å². The summed E-state index contributed by atoms with van der Waals surface area (Å²) in [6, 6.07) is 5.94. The Labute approximate surface area is 113 Å². The fraction of sp³-hybridized carbons (Fsp3) is 0.500. The van der Waals surface area contributed by atoms with Crippen LogP contribution in [-0.4, -0.2) is 30.8 Å². The Bertz CT molecular complexity index is 420. The summed E-state index contributed by atoms with van der Waals surface area (Å²) in [5.41, 5.74) is 1.07. The minimum atomic E-state index is -1.01. The van der Waals surface area contributed by atoms with Gasteiger partial charge in [-0.25, -0.2) is 4.79 Å². The molecule has 0 amide bonds. The van der Waals surface area contributed by atoms with Crippen LogP contribution >= 0.6 is 0 Å². The van der Waals surface area contributed by atoms with Crippen LogP contribution in [0.15, 0.2) is 18.2 Å². The molecule has 106 valence electrons. The SMILES string of the molecule is CC[C@H](C)NCc1ccc(OCC(=O)O)c(OC)c1. The Morgan fingerprint density at radius 1 is 1.42 bits per heavy atom. The molecule has 0 aliphatic carbocycles. The highest BCUT2D eigenvalue weighted by atomic mass is 16.5. The number of ether oxygens (including phenoxy) is 2. The number of carboxylic acid groups (broad SMARTS) is 1. The van der Waals surface area contributed by atoms with Gasteiger partial charge in [0.05, 0.1) is 7.11 Å². The van der Waals surface area contributed by atoms with Gasteiger partial charge in [-0.1, -0.05) is 13.0 Å². The summed E-state index contributed by atoms with van der Waals surface area (Å²) in [5.74, 6) is -0.0218. The molecule has 19 heavy (non-hydrogen) atoms. The van der Waals surface area contributed by atoms with Crippen LogP contribution in [0, 0.1) is 0 Å². The summed E-state index contributed by atoms with van der Waals surface area (Å²) < 4.78 is 10.4. The minimum Gasteiger partial charge on any atom is -0.493 e. The predicted octanol–water partition coefficient (Wildman–Crippen LogP) is 2.05. The van der Waals surface area contributed by atoms with E-state index in [4.69, 9.17) is 14.6 Å². The third-order valence-electron chi connectivity index (χ3n) is 2.85. The van der Waals surface area contributed by atoms with E-state index in [9.17, 15) is 4.79 Å². The maximum Gasteiger partial charge on any atom is 0.341 e. The van der Waals surface area contributed by atoms with E-state index in [1.165, 1.54) is 7.11 Å². The van der Waals surface area contributed by atoms with Gasteiger partial charge in [0.1, 0.15) is 0 Å². The lowest BCUT2D eigenvalue weighted by Gasteiger charge is -2.14. The molecule has 0 unspecified atom stereocenters. The van der Waals surface area contributed by atoms with E-state index < -0.39 is 5.97 Å². The fourth-order valence-electron chi connectivity index (χ4n) is 1.52. The predicted molar refractivity (Wildman–Crippen MR) is 72.7 cm³/mol. The Kier molecular flexibility index (Phi) is 6.15. The van der Waals surface area contributed by atoms with E-state index in [0.717, 1.165) is 18.5 Å². The largest absolute Gasteiger partial charge is 0.493 e. The van der Waals surface area contributed by atoms with E-state index in [0.29, 0.717) is 17.5 Å². The van der Waals surface area contributed by atoms with Gasteiger partial charge in [-0.05, 0) is 31.0 Å². The van der Waals surface area contributed by atoms with E-state index in [1.807, 2.05) is 12.1 Å². The van der Waals surface area contributed by atoms with Gasteiger partial charge < -0.3 is 19.9 Å². The number of hydrogen-bond acceptors (Lipinski definition) is 4. The molecule has 0 aromatic heterocycles. The Hall–Kier alpha value is -1.75. The van der Waals surface area contributed by atoms with Gasteiger partial charge in [0.15, 0.2) is 18.1 Å². The zero-order chi connectivity index (χ0) is 14.3. The van der Waals surface area contributed by atoms with E-state index in [2.05, 4.69) is 19.2 Å². The highest BCUT2D eigenvalue weighted by molar-refractivity contribution is 5.68. The van der Waals surface area contributed by atoms with Gasteiger partial charge in [0, 0.05) is 12.6 Å².